The number of hydrogen-bond donors (Lipinski definition) is 1. The Morgan fingerprint density at radius 2 is 2.26 bits per heavy atom. The van der Waals surface area contributed by atoms with Crippen molar-refractivity contribution in [2.45, 2.75) is 18.8 Å². The number of morpholine rings is 1. The van der Waals surface area contributed by atoms with E-state index in [0.717, 1.165) is 12.1 Å². The summed E-state index contributed by atoms with van der Waals surface area (Å²) in [6, 6.07) is 3.21. The Labute approximate surface area is 132 Å². The van der Waals surface area contributed by atoms with Crippen molar-refractivity contribution in [2.75, 3.05) is 26.2 Å². The maximum Gasteiger partial charge on any atom is 0.137 e. The Balaban J connectivity index is 1.58. The number of aliphatic hydroxyl groups excluding tert-OH is 1. The predicted molar refractivity (Wildman–Crippen MR) is 77.5 cm³/mol. The van der Waals surface area contributed by atoms with Crippen LogP contribution >= 0.6 is 0 Å². The van der Waals surface area contributed by atoms with Gasteiger partial charge >= 0.3 is 0 Å². The van der Waals surface area contributed by atoms with Crippen LogP contribution in [-0.4, -0.2) is 57.1 Å². The van der Waals surface area contributed by atoms with Crippen LogP contribution in [0.4, 0.5) is 8.78 Å². The van der Waals surface area contributed by atoms with Crippen molar-refractivity contribution >= 4 is 0 Å². The Morgan fingerprint density at radius 3 is 3.00 bits per heavy atom. The smallest absolute Gasteiger partial charge is 0.137 e. The maximum atomic E-state index is 13.7. The van der Waals surface area contributed by atoms with Gasteiger partial charge in [0.25, 0.3) is 0 Å². The second-order valence-electron chi connectivity index (χ2n) is 5.55. The quantitative estimate of drug-likeness (QED) is 0.889. The lowest BCUT2D eigenvalue weighted by Crippen LogP contribution is -2.45. The minimum atomic E-state index is -1.01. The summed E-state index contributed by atoms with van der Waals surface area (Å²) in [6.07, 6.45) is 1.99. The Bertz CT molecular complexity index is 638. The standard InChI is InChI=1S/C15H18F2N4O2/c16-11-1-2-13(14(17)5-11)15(22)8-20-3-4-23-12(6-20)7-21-10-18-9-19-21/h1-2,5,9-10,12,15,22H,3-4,6-8H2/t12-,15-/m1/s1. The first-order chi connectivity index (χ1) is 11.1. The molecule has 23 heavy (non-hydrogen) atoms. The fourth-order valence-corrected chi connectivity index (χ4v) is 2.71. The average molecular weight is 324 g/mol. The SMILES string of the molecule is O[C@H](CN1CCO[C@@H](Cn2cncn2)C1)c1ccc(F)cc1F. The molecule has 0 amide bonds. The van der Waals surface area contributed by atoms with Crippen molar-refractivity contribution in [1.29, 1.82) is 0 Å². The molecule has 2 aromatic rings. The van der Waals surface area contributed by atoms with Gasteiger partial charge in [0.1, 0.15) is 24.3 Å². The van der Waals surface area contributed by atoms with Gasteiger partial charge in [0, 0.05) is 31.3 Å². The number of hydrogen-bond acceptors (Lipinski definition) is 5. The summed E-state index contributed by atoms with van der Waals surface area (Å²) in [6.45, 7) is 2.60. The van der Waals surface area contributed by atoms with Crippen LogP contribution in [0.2, 0.25) is 0 Å². The summed E-state index contributed by atoms with van der Waals surface area (Å²) in [5.41, 5.74) is 0.103. The van der Waals surface area contributed by atoms with Crippen molar-refractivity contribution in [3.05, 3.63) is 48.1 Å². The molecule has 1 aliphatic rings. The molecule has 0 saturated carbocycles. The van der Waals surface area contributed by atoms with Crippen molar-refractivity contribution in [3.63, 3.8) is 0 Å². The average Bonchev–Trinajstić information content (AvgIpc) is 3.00. The van der Waals surface area contributed by atoms with Crippen LogP contribution in [0.1, 0.15) is 11.7 Å². The molecule has 1 aromatic carbocycles. The Kier molecular flexibility index (Phi) is 4.94. The van der Waals surface area contributed by atoms with E-state index in [1.807, 2.05) is 4.90 Å². The van der Waals surface area contributed by atoms with Gasteiger partial charge in [-0.25, -0.2) is 13.8 Å². The zero-order chi connectivity index (χ0) is 16.2. The van der Waals surface area contributed by atoms with Gasteiger partial charge in [0.2, 0.25) is 0 Å². The number of rotatable bonds is 5. The highest BCUT2D eigenvalue weighted by molar-refractivity contribution is 5.21. The van der Waals surface area contributed by atoms with Gasteiger partial charge in [0.15, 0.2) is 0 Å². The maximum absolute atomic E-state index is 13.7. The molecule has 1 aromatic heterocycles. The molecule has 6 nitrogen and oxygen atoms in total. The van der Waals surface area contributed by atoms with Gasteiger partial charge in [-0.15, -0.1) is 0 Å². The molecule has 0 unspecified atom stereocenters. The topological polar surface area (TPSA) is 63.4 Å². The largest absolute Gasteiger partial charge is 0.387 e. The number of aromatic nitrogens is 3. The predicted octanol–water partition coefficient (Wildman–Crippen LogP) is 0.991. The van der Waals surface area contributed by atoms with Crippen molar-refractivity contribution in [2.24, 2.45) is 0 Å². The number of ether oxygens (including phenoxy) is 1. The summed E-state index contributed by atoms with van der Waals surface area (Å²) in [4.78, 5) is 5.88. The lowest BCUT2D eigenvalue weighted by Gasteiger charge is -2.34. The number of nitrogens with zero attached hydrogens (tertiary/aromatic N) is 4. The summed E-state index contributed by atoms with van der Waals surface area (Å²) in [5, 5.41) is 14.3. The van der Waals surface area contributed by atoms with Crippen LogP contribution in [0.15, 0.2) is 30.9 Å². The summed E-state index contributed by atoms with van der Waals surface area (Å²) >= 11 is 0. The van der Waals surface area contributed by atoms with Crippen LogP contribution < -0.4 is 0 Å². The van der Waals surface area contributed by atoms with Gasteiger partial charge in [0.05, 0.1) is 25.4 Å². The second kappa shape index (κ2) is 7.12. The van der Waals surface area contributed by atoms with Gasteiger partial charge in [-0.3, -0.25) is 9.58 Å². The third-order valence-corrected chi connectivity index (χ3v) is 3.83. The van der Waals surface area contributed by atoms with E-state index in [1.165, 1.54) is 12.4 Å². The number of benzene rings is 1. The molecule has 1 saturated heterocycles. The molecule has 1 aliphatic heterocycles. The molecular weight excluding hydrogens is 306 g/mol. The van der Waals surface area contributed by atoms with Crippen LogP contribution in [0.3, 0.4) is 0 Å². The molecular formula is C15H18F2N4O2. The minimum Gasteiger partial charge on any atom is -0.387 e. The summed E-state index contributed by atoms with van der Waals surface area (Å²) < 4.78 is 34.0. The van der Waals surface area contributed by atoms with Gasteiger partial charge in [-0.2, -0.15) is 5.10 Å². The molecule has 3 rings (SSSR count). The van der Waals surface area contributed by atoms with Gasteiger partial charge in [-0.1, -0.05) is 6.07 Å². The molecule has 0 radical (unpaired) electrons. The van der Waals surface area contributed by atoms with Crippen LogP contribution in [-0.2, 0) is 11.3 Å². The highest BCUT2D eigenvalue weighted by Crippen LogP contribution is 2.20. The van der Waals surface area contributed by atoms with Gasteiger partial charge in [-0.05, 0) is 6.07 Å². The van der Waals surface area contributed by atoms with E-state index in [2.05, 4.69) is 10.1 Å². The summed E-state index contributed by atoms with van der Waals surface area (Å²) in [7, 11) is 0. The van der Waals surface area contributed by atoms with E-state index in [9.17, 15) is 13.9 Å². The van der Waals surface area contributed by atoms with Gasteiger partial charge < -0.3 is 9.84 Å². The van der Waals surface area contributed by atoms with E-state index in [4.69, 9.17) is 4.74 Å². The highest BCUT2D eigenvalue weighted by atomic mass is 19.1. The molecule has 0 bridgehead atoms. The zero-order valence-corrected chi connectivity index (χ0v) is 12.5. The molecule has 0 spiro atoms. The fourth-order valence-electron chi connectivity index (χ4n) is 2.71. The monoisotopic (exact) mass is 324 g/mol. The molecule has 8 heteroatoms. The third-order valence-electron chi connectivity index (χ3n) is 3.83. The van der Waals surface area contributed by atoms with E-state index in [-0.39, 0.29) is 18.2 Å². The Hall–Kier alpha value is -1.90. The molecule has 2 heterocycles. The van der Waals surface area contributed by atoms with Crippen LogP contribution in [0, 0.1) is 11.6 Å². The van der Waals surface area contributed by atoms with E-state index < -0.39 is 17.7 Å². The fraction of sp³-hybridized carbons (Fsp3) is 0.467. The van der Waals surface area contributed by atoms with Crippen molar-refractivity contribution in [3.8, 4) is 0 Å². The first-order valence-corrected chi connectivity index (χ1v) is 7.41. The van der Waals surface area contributed by atoms with E-state index in [1.54, 1.807) is 11.0 Å². The second-order valence-corrected chi connectivity index (χ2v) is 5.55. The number of aliphatic hydroxyl groups is 1. The first-order valence-electron chi connectivity index (χ1n) is 7.41. The van der Waals surface area contributed by atoms with Crippen LogP contribution in [0.5, 0.6) is 0 Å². The van der Waals surface area contributed by atoms with E-state index in [0.29, 0.717) is 26.2 Å². The number of β-amino-alcohol motifs (C(OH)–C–C–N with tert-alkyl or cyclic N) is 1. The first kappa shape index (κ1) is 16.0. The summed E-state index contributed by atoms with van der Waals surface area (Å²) in [5.74, 6) is -1.39. The molecule has 124 valence electrons. The minimum absolute atomic E-state index is 0.0734. The van der Waals surface area contributed by atoms with Crippen molar-refractivity contribution in [1.82, 2.24) is 19.7 Å². The number of halogens is 2. The highest BCUT2D eigenvalue weighted by Gasteiger charge is 2.24. The normalized spacial score (nSPS) is 20.6. The Morgan fingerprint density at radius 1 is 1.39 bits per heavy atom. The molecule has 1 N–H and O–H groups in total. The van der Waals surface area contributed by atoms with Crippen molar-refractivity contribution < 1.29 is 18.6 Å². The lowest BCUT2D eigenvalue weighted by atomic mass is 10.1. The third kappa shape index (κ3) is 4.10. The molecule has 2 atom stereocenters. The molecule has 0 aliphatic carbocycles. The van der Waals surface area contributed by atoms with Crippen LogP contribution in [0.25, 0.3) is 0 Å². The lowest BCUT2D eigenvalue weighted by molar-refractivity contribution is -0.0489. The zero-order valence-electron chi connectivity index (χ0n) is 12.5. The molecule has 1 fully saturated rings. The van der Waals surface area contributed by atoms with E-state index >= 15 is 0 Å².